The largest absolute Gasteiger partial charge is 0.491 e. The molecule has 0 aliphatic carbocycles. The fraction of sp³-hybridized carbons (Fsp3) is 0.419. The van der Waals surface area contributed by atoms with Crippen molar-refractivity contribution in [1.82, 2.24) is 20.1 Å². The molecule has 0 spiro atoms. The van der Waals surface area contributed by atoms with Gasteiger partial charge in [0.25, 0.3) is 0 Å². The number of aryl methyl sites for hydroxylation is 2. The van der Waals surface area contributed by atoms with Crippen molar-refractivity contribution < 1.29 is 23.8 Å². The number of anilines is 1. The molecule has 0 amide bonds. The normalized spacial score (nSPS) is 13.4. The number of hydrogen-bond acceptors (Lipinski definition) is 10. The van der Waals surface area contributed by atoms with Crippen LogP contribution in [-0.2, 0) is 17.8 Å². The van der Waals surface area contributed by atoms with Crippen molar-refractivity contribution in [2.45, 2.75) is 59.7 Å². The van der Waals surface area contributed by atoms with Crippen molar-refractivity contribution in [2.75, 3.05) is 31.8 Å². The highest BCUT2D eigenvalue weighted by Crippen LogP contribution is 2.39. The van der Waals surface area contributed by atoms with Crippen LogP contribution in [0.15, 0.2) is 34.9 Å². The molecule has 4 aromatic rings. The number of fused-ring (bicyclic) bond motifs is 1. The fourth-order valence-corrected chi connectivity index (χ4v) is 5.27. The van der Waals surface area contributed by atoms with Crippen LogP contribution in [0.3, 0.4) is 0 Å². The van der Waals surface area contributed by atoms with Crippen LogP contribution in [0.4, 0.5) is 5.82 Å². The molecule has 0 fully saturated rings. The maximum Gasteiger partial charge on any atom is 0.213 e. The Hall–Kier alpha value is -3.73. The van der Waals surface area contributed by atoms with Crippen LogP contribution in [0, 0.1) is 20.8 Å². The summed E-state index contributed by atoms with van der Waals surface area (Å²) in [4.78, 5) is 17.0. The average Bonchev–Trinajstić information content (AvgIpc) is 3.55. The molecule has 0 saturated heterocycles. The zero-order valence-corrected chi connectivity index (χ0v) is 25.4. The molecule has 11 heteroatoms. The van der Waals surface area contributed by atoms with Crippen LogP contribution in [0.2, 0.25) is 5.02 Å². The summed E-state index contributed by atoms with van der Waals surface area (Å²) in [5, 5.41) is 14.8. The summed E-state index contributed by atoms with van der Waals surface area (Å²) in [6.45, 7) is 10.1. The van der Waals surface area contributed by atoms with E-state index >= 15 is 0 Å². The third-order valence-electron chi connectivity index (χ3n) is 7.21. The zero-order chi connectivity index (χ0) is 29.8. The van der Waals surface area contributed by atoms with E-state index in [-0.39, 0.29) is 6.61 Å². The molecule has 222 valence electrons. The molecule has 0 bridgehead atoms. The minimum atomic E-state index is -0.543. The van der Waals surface area contributed by atoms with Gasteiger partial charge in [-0.05, 0) is 57.0 Å². The van der Waals surface area contributed by atoms with E-state index in [2.05, 4.69) is 10.1 Å². The number of benzene rings is 1. The fourth-order valence-electron chi connectivity index (χ4n) is 5.07. The molecule has 10 nitrogen and oxygen atoms in total. The molecule has 1 aliphatic rings. The molecular weight excluding hydrogens is 558 g/mol. The van der Waals surface area contributed by atoms with E-state index < -0.39 is 6.10 Å². The lowest BCUT2D eigenvalue weighted by Crippen LogP contribution is -2.19. The van der Waals surface area contributed by atoms with Gasteiger partial charge in [-0.15, -0.1) is 0 Å². The minimum absolute atomic E-state index is 0.190. The molecule has 1 aliphatic heterocycles. The van der Waals surface area contributed by atoms with Crippen LogP contribution in [0.1, 0.15) is 48.0 Å². The summed E-state index contributed by atoms with van der Waals surface area (Å²) in [5.74, 6) is 3.02. The molecular formula is C31H36ClN5O5. The van der Waals surface area contributed by atoms with Gasteiger partial charge in [0.2, 0.25) is 5.88 Å². The van der Waals surface area contributed by atoms with Gasteiger partial charge < -0.3 is 28.7 Å². The Morgan fingerprint density at radius 1 is 1.05 bits per heavy atom. The standard InChI is InChI=1S/C31H36ClN5O5/c1-6-7-22(38)17-41-23-9-10-25(32)24(14-23)30-34-29(28-19(3)36-42-20(28)4)18(2)31(35-30)37-15-21-8-11-27(33-26(21)16-37)40-13-12-39-5/h8-11,14,22,38H,6-7,12-13,15-17H2,1-5H3/t22-/m1/s1. The first-order valence-electron chi connectivity index (χ1n) is 14.1. The van der Waals surface area contributed by atoms with Crippen molar-refractivity contribution in [3.8, 4) is 34.3 Å². The van der Waals surface area contributed by atoms with Gasteiger partial charge in [-0.2, -0.15) is 0 Å². The molecule has 4 heterocycles. The number of methoxy groups -OCH3 is 1. The van der Waals surface area contributed by atoms with Crippen molar-refractivity contribution in [1.29, 1.82) is 0 Å². The second-order valence-corrected chi connectivity index (χ2v) is 10.8. The molecule has 0 saturated carbocycles. The SMILES string of the molecule is CCC[C@@H](O)COc1ccc(Cl)c(-c2nc(-c3c(C)noc3C)c(C)c(N3Cc4ccc(OCCOC)nc4C3)n2)c1. The molecule has 42 heavy (non-hydrogen) atoms. The molecule has 0 radical (unpaired) electrons. The van der Waals surface area contributed by atoms with Crippen molar-refractivity contribution >= 4 is 17.4 Å². The first-order valence-corrected chi connectivity index (χ1v) is 14.4. The van der Waals surface area contributed by atoms with Gasteiger partial charge in [0.1, 0.15) is 30.5 Å². The predicted molar refractivity (Wildman–Crippen MR) is 160 cm³/mol. The van der Waals surface area contributed by atoms with Crippen molar-refractivity contribution in [3.05, 3.63) is 63.6 Å². The van der Waals surface area contributed by atoms with E-state index in [4.69, 9.17) is 45.3 Å². The Balaban J connectivity index is 1.54. The van der Waals surface area contributed by atoms with Gasteiger partial charge in [-0.1, -0.05) is 30.1 Å². The zero-order valence-electron chi connectivity index (χ0n) is 24.6. The Morgan fingerprint density at radius 2 is 1.88 bits per heavy atom. The third-order valence-corrected chi connectivity index (χ3v) is 7.54. The van der Waals surface area contributed by atoms with E-state index in [9.17, 15) is 5.11 Å². The lowest BCUT2D eigenvalue weighted by Gasteiger charge is -2.22. The second kappa shape index (κ2) is 13.1. The van der Waals surface area contributed by atoms with E-state index in [0.29, 0.717) is 66.5 Å². The number of aliphatic hydroxyl groups is 1. The lowest BCUT2D eigenvalue weighted by molar-refractivity contribution is 0.0994. The van der Waals surface area contributed by atoms with Gasteiger partial charge in [0.05, 0.1) is 46.9 Å². The highest BCUT2D eigenvalue weighted by molar-refractivity contribution is 6.33. The quantitative estimate of drug-likeness (QED) is 0.200. The maximum absolute atomic E-state index is 10.2. The molecule has 1 aromatic carbocycles. The van der Waals surface area contributed by atoms with E-state index in [1.807, 2.05) is 45.9 Å². The van der Waals surface area contributed by atoms with Gasteiger partial charge in [-0.25, -0.2) is 15.0 Å². The number of rotatable bonds is 12. The Morgan fingerprint density at radius 3 is 2.62 bits per heavy atom. The summed E-state index contributed by atoms with van der Waals surface area (Å²) in [6.07, 6.45) is 0.997. The van der Waals surface area contributed by atoms with Crippen molar-refractivity contribution in [3.63, 3.8) is 0 Å². The Bertz CT molecular complexity index is 1540. The summed E-state index contributed by atoms with van der Waals surface area (Å²) in [6, 6.07) is 9.29. The Labute approximate surface area is 250 Å². The summed E-state index contributed by atoms with van der Waals surface area (Å²) in [5.41, 5.74) is 5.84. The van der Waals surface area contributed by atoms with Crippen LogP contribution < -0.4 is 14.4 Å². The Kier molecular flexibility index (Phi) is 9.25. The predicted octanol–water partition coefficient (Wildman–Crippen LogP) is 5.86. The topological polar surface area (TPSA) is 116 Å². The third kappa shape index (κ3) is 6.35. The van der Waals surface area contributed by atoms with E-state index in [0.717, 1.165) is 46.0 Å². The summed E-state index contributed by atoms with van der Waals surface area (Å²) < 4.78 is 22.2. The number of ether oxygens (including phenoxy) is 3. The number of nitrogens with zero attached hydrogens (tertiary/aromatic N) is 5. The van der Waals surface area contributed by atoms with Crippen molar-refractivity contribution in [2.24, 2.45) is 0 Å². The van der Waals surface area contributed by atoms with Crippen LogP contribution >= 0.6 is 11.6 Å². The average molecular weight is 594 g/mol. The van der Waals surface area contributed by atoms with Gasteiger partial charge >= 0.3 is 0 Å². The summed E-state index contributed by atoms with van der Waals surface area (Å²) >= 11 is 6.72. The number of halogens is 1. The summed E-state index contributed by atoms with van der Waals surface area (Å²) in [7, 11) is 1.64. The highest BCUT2D eigenvalue weighted by Gasteiger charge is 2.28. The van der Waals surface area contributed by atoms with Crippen LogP contribution in [0.5, 0.6) is 11.6 Å². The highest BCUT2D eigenvalue weighted by atomic mass is 35.5. The first-order chi connectivity index (χ1) is 20.3. The lowest BCUT2D eigenvalue weighted by atomic mass is 10.0. The number of hydrogen-bond donors (Lipinski definition) is 1. The van der Waals surface area contributed by atoms with Gasteiger partial charge in [-0.3, -0.25) is 0 Å². The molecule has 3 aromatic heterocycles. The molecule has 1 N–H and O–H groups in total. The van der Waals surface area contributed by atoms with E-state index in [1.54, 1.807) is 19.2 Å². The number of aliphatic hydroxyl groups excluding tert-OH is 1. The minimum Gasteiger partial charge on any atom is -0.491 e. The second-order valence-electron chi connectivity index (χ2n) is 10.4. The van der Waals surface area contributed by atoms with Crippen LogP contribution in [0.25, 0.3) is 22.6 Å². The first kappa shape index (κ1) is 29.8. The monoisotopic (exact) mass is 593 g/mol. The molecule has 5 rings (SSSR count). The number of aromatic nitrogens is 4. The smallest absolute Gasteiger partial charge is 0.213 e. The molecule has 1 atom stereocenters. The molecule has 0 unspecified atom stereocenters. The van der Waals surface area contributed by atoms with Crippen LogP contribution in [-0.4, -0.2) is 58.2 Å². The van der Waals surface area contributed by atoms with Gasteiger partial charge in [0.15, 0.2) is 5.82 Å². The van der Waals surface area contributed by atoms with Gasteiger partial charge in [0, 0.05) is 30.8 Å². The number of pyridine rings is 1. The van der Waals surface area contributed by atoms with E-state index in [1.165, 1.54) is 0 Å². The maximum atomic E-state index is 10.2.